The highest BCUT2D eigenvalue weighted by atomic mass is 32.2. The van der Waals surface area contributed by atoms with Gasteiger partial charge in [-0.25, -0.2) is 14.7 Å². The Balaban J connectivity index is 0.00000267. The van der Waals surface area contributed by atoms with Gasteiger partial charge < -0.3 is 9.47 Å². The molecule has 0 fully saturated rings. The molecule has 2 aromatic carbocycles. The van der Waals surface area contributed by atoms with E-state index >= 15 is 0 Å². The van der Waals surface area contributed by atoms with Crippen molar-refractivity contribution in [1.29, 1.82) is 0 Å². The number of aryl methyl sites for hydroxylation is 4. The average Bonchev–Trinajstić information content (AvgIpc) is 2.86. The van der Waals surface area contributed by atoms with Crippen LogP contribution in [0.4, 0.5) is 0 Å². The number of methoxy groups -OCH3 is 1. The fraction of sp³-hybridized carbons (Fsp3) is 0.179. The first kappa shape index (κ1) is 25.8. The molecule has 2 aromatic heterocycles. The third kappa shape index (κ3) is 5.78. The Hall–Kier alpha value is -4.24. The maximum atomic E-state index is 13.2. The molecule has 9 heteroatoms. The molecule has 0 saturated carbocycles. The molecule has 4 aromatic rings. The highest BCUT2D eigenvalue weighted by Gasteiger charge is 2.24. The van der Waals surface area contributed by atoms with E-state index in [1.165, 1.54) is 12.1 Å². The zero-order valence-corrected chi connectivity index (χ0v) is 22.0. The summed E-state index contributed by atoms with van der Waals surface area (Å²) in [6.45, 7) is 7.44. The van der Waals surface area contributed by atoms with Gasteiger partial charge in [-0.3, -0.25) is 4.79 Å². The van der Waals surface area contributed by atoms with Crippen LogP contribution in [0.25, 0.3) is 11.3 Å². The lowest BCUT2D eigenvalue weighted by molar-refractivity contribution is 0.0978. The number of aromatic nitrogens is 2. The van der Waals surface area contributed by atoms with E-state index < -0.39 is 15.9 Å². The van der Waals surface area contributed by atoms with Gasteiger partial charge in [-0.2, -0.15) is 8.42 Å². The van der Waals surface area contributed by atoms with Crippen molar-refractivity contribution in [1.82, 2.24) is 14.7 Å². The predicted octanol–water partition coefficient (Wildman–Crippen LogP) is 5.79. The quantitative estimate of drug-likeness (QED) is 0.328. The van der Waals surface area contributed by atoms with E-state index in [-0.39, 0.29) is 19.3 Å². The van der Waals surface area contributed by atoms with E-state index in [9.17, 15) is 13.2 Å². The van der Waals surface area contributed by atoms with Crippen LogP contribution in [0, 0.1) is 27.7 Å². The van der Waals surface area contributed by atoms with Crippen molar-refractivity contribution in [3.05, 3.63) is 94.7 Å². The van der Waals surface area contributed by atoms with Crippen molar-refractivity contribution in [3.63, 3.8) is 0 Å². The molecular weight excluding hydrogens is 490 g/mol. The number of hydrogen-bond acceptors (Lipinski definition) is 7. The summed E-state index contributed by atoms with van der Waals surface area (Å²) in [6.07, 6.45) is 0. The maximum absolute atomic E-state index is 13.2. The number of pyridine rings is 2. The Kier molecular flexibility index (Phi) is 7.26. The van der Waals surface area contributed by atoms with Gasteiger partial charge in [0.15, 0.2) is 5.03 Å². The molecule has 8 nitrogen and oxygen atoms in total. The second-order valence-electron chi connectivity index (χ2n) is 8.66. The van der Waals surface area contributed by atoms with Crippen molar-refractivity contribution in [2.45, 2.75) is 32.7 Å². The van der Waals surface area contributed by atoms with Crippen LogP contribution in [0.2, 0.25) is 0 Å². The first-order chi connectivity index (χ1) is 17.6. The molecule has 0 spiro atoms. The molecule has 37 heavy (non-hydrogen) atoms. The summed E-state index contributed by atoms with van der Waals surface area (Å²) in [5, 5.41) is -0.255. The molecule has 4 rings (SSSR count). The van der Waals surface area contributed by atoms with Gasteiger partial charge >= 0.3 is 0 Å². The number of carbonyl (C=O) groups excluding carboxylic acids is 1. The number of benzene rings is 2. The van der Waals surface area contributed by atoms with E-state index in [0.717, 1.165) is 22.3 Å². The van der Waals surface area contributed by atoms with Crippen LogP contribution in [-0.2, 0) is 10.0 Å². The van der Waals surface area contributed by atoms with Gasteiger partial charge in [-0.1, -0.05) is 35.9 Å². The average molecular weight is 522 g/mol. The number of nitrogens with one attached hydrogen (secondary N) is 1. The number of hydrogen-bond donors (Lipinski definition) is 1. The number of amides is 1. The van der Waals surface area contributed by atoms with Gasteiger partial charge in [0.05, 0.1) is 12.8 Å². The summed E-state index contributed by atoms with van der Waals surface area (Å²) in [5.41, 5.74) is 4.51. The smallest absolute Gasteiger partial charge is 0.281 e. The number of nitrogens with zero attached hydrogens (tertiary/aromatic N) is 2. The molecule has 0 aliphatic rings. The van der Waals surface area contributed by atoms with Crippen LogP contribution in [0.15, 0.2) is 71.8 Å². The van der Waals surface area contributed by atoms with Gasteiger partial charge in [0.2, 0.25) is 5.88 Å². The van der Waals surface area contributed by atoms with Crippen LogP contribution in [0.3, 0.4) is 0 Å². The van der Waals surface area contributed by atoms with Crippen LogP contribution >= 0.6 is 0 Å². The van der Waals surface area contributed by atoms with E-state index in [2.05, 4.69) is 14.7 Å². The molecule has 0 atom stereocenters. The number of sulfonamides is 1. The SMILES string of the molecule is COc1cccc(-c2ccc(C(=O)NS(=O)(=O)c3cccc(C)n3)c(Oc3c(C)cc(C)cc3C)n2)c1.[HH].[HH]. The van der Waals surface area contributed by atoms with Crippen molar-refractivity contribution >= 4 is 15.9 Å². The first-order valence-corrected chi connectivity index (χ1v) is 13.0. The minimum Gasteiger partial charge on any atom is -0.497 e. The predicted molar refractivity (Wildman–Crippen MR) is 145 cm³/mol. The number of ether oxygens (including phenoxy) is 2. The molecule has 0 aliphatic heterocycles. The summed E-state index contributed by atoms with van der Waals surface area (Å²) in [4.78, 5) is 21.9. The van der Waals surface area contributed by atoms with E-state index in [4.69, 9.17) is 9.47 Å². The topological polar surface area (TPSA) is 107 Å². The Labute approximate surface area is 219 Å². The largest absolute Gasteiger partial charge is 0.497 e. The summed E-state index contributed by atoms with van der Waals surface area (Å²) in [5.74, 6) is 0.273. The highest BCUT2D eigenvalue weighted by molar-refractivity contribution is 7.90. The minimum absolute atomic E-state index is 0. The van der Waals surface area contributed by atoms with Crippen molar-refractivity contribution in [2.75, 3.05) is 7.11 Å². The number of rotatable bonds is 7. The zero-order chi connectivity index (χ0) is 26.7. The molecular formula is C28H31N3O5S. The van der Waals surface area contributed by atoms with Crippen molar-refractivity contribution in [2.24, 2.45) is 0 Å². The van der Waals surface area contributed by atoms with Gasteiger partial charge in [-0.05, 0) is 75.2 Å². The Bertz CT molecular complexity index is 1590. The van der Waals surface area contributed by atoms with Gasteiger partial charge in [-0.15, -0.1) is 0 Å². The van der Waals surface area contributed by atoms with Crippen molar-refractivity contribution in [3.8, 4) is 28.6 Å². The Morgan fingerprint density at radius 1 is 0.892 bits per heavy atom. The summed E-state index contributed by atoms with van der Waals surface area (Å²) in [7, 11) is -2.65. The normalized spacial score (nSPS) is 11.2. The van der Waals surface area contributed by atoms with Crippen LogP contribution in [0.1, 0.15) is 35.6 Å². The van der Waals surface area contributed by atoms with Crippen molar-refractivity contribution < 1.29 is 25.5 Å². The molecule has 0 saturated heterocycles. The maximum Gasteiger partial charge on any atom is 0.281 e. The fourth-order valence-electron chi connectivity index (χ4n) is 3.96. The van der Waals surface area contributed by atoms with Crippen LogP contribution in [0.5, 0.6) is 17.4 Å². The van der Waals surface area contributed by atoms with Gasteiger partial charge in [0.25, 0.3) is 15.9 Å². The lowest BCUT2D eigenvalue weighted by atomic mass is 10.1. The van der Waals surface area contributed by atoms with E-state index in [1.54, 1.807) is 32.2 Å². The number of carbonyl (C=O) groups is 1. The Morgan fingerprint density at radius 2 is 1.59 bits per heavy atom. The van der Waals surface area contributed by atoms with Crippen LogP contribution < -0.4 is 14.2 Å². The standard InChI is InChI=1S/C28H27N3O5S.2H2/c1-17-14-18(2)26(19(3)15-17)36-28-23(12-13-24(30-28)21-9-7-10-22(16-21)35-5)27(32)31-37(33,34)25-11-6-8-20(4)29-25;;/h6-16H,1-5H3,(H,31,32);2*1H. The molecule has 2 heterocycles. The molecule has 0 unspecified atom stereocenters. The second-order valence-corrected chi connectivity index (χ2v) is 10.3. The van der Waals surface area contributed by atoms with E-state index in [0.29, 0.717) is 22.9 Å². The monoisotopic (exact) mass is 521 g/mol. The van der Waals surface area contributed by atoms with Crippen LogP contribution in [-0.4, -0.2) is 31.4 Å². The Morgan fingerprint density at radius 3 is 2.27 bits per heavy atom. The lowest BCUT2D eigenvalue weighted by Crippen LogP contribution is -2.31. The molecule has 0 bridgehead atoms. The molecule has 0 radical (unpaired) electrons. The summed E-state index contributed by atoms with van der Waals surface area (Å²) in [6, 6.07) is 18.9. The van der Waals surface area contributed by atoms with Gasteiger partial charge in [0, 0.05) is 14.1 Å². The molecule has 0 aliphatic carbocycles. The first-order valence-electron chi connectivity index (χ1n) is 11.5. The van der Waals surface area contributed by atoms with Gasteiger partial charge in [0.1, 0.15) is 17.1 Å². The summed E-state index contributed by atoms with van der Waals surface area (Å²) < 4.78 is 39.3. The minimum atomic E-state index is -4.22. The summed E-state index contributed by atoms with van der Waals surface area (Å²) >= 11 is 0. The lowest BCUT2D eigenvalue weighted by Gasteiger charge is -2.16. The fourth-order valence-corrected chi connectivity index (χ4v) is 4.94. The zero-order valence-electron chi connectivity index (χ0n) is 21.2. The second kappa shape index (κ2) is 10.4. The molecule has 1 N–H and O–H groups in total. The molecule has 194 valence electrons. The van der Waals surface area contributed by atoms with E-state index in [1.807, 2.05) is 57.2 Å². The molecule has 1 amide bonds. The highest BCUT2D eigenvalue weighted by Crippen LogP contribution is 2.33. The third-order valence-electron chi connectivity index (χ3n) is 5.64. The third-order valence-corrected chi connectivity index (χ3v) is 6.87.